The molecule has 0 spiro atoms. The van der Waals surface area contributed by atoms with Crippen LogP contribution in [0.15, 0.2) is 0 Å². The van der Waals surface area contributed by atoms with Gasteiger partial charge in [0.15, 0.2) is 0 Å². The highest BCUT2D eigenvalue weighted by molar-refractivity contribution is 4.70. The van der Waals surface area contributed by atoms with Crippen molar-refractivity contribution >= 4 is 0 Å². The van der Waals surface area contributed by atoms with E-state index in [9.17, 15) is 10.1 Å². The summed E-state index contributed by atoms with van der Waals surface area (Å²) in [6, 6.07) is 0. The largest absolute Gasteiger partial charge is 0.310 e. The van der Waals surface area contributed by atoms with Gasteiger partial charge in [0.25, 0.3) is 5.09 Å². The second-order valence-corrected chi connectivity index (χ2v) is 3.13. The van der Waals surface area contributed by atoms with Gasteiger partial charge >= 0.3 is 0 Å². The maximum absolute atomic E-state index is 10.00. The Balaban J connectivity index is 2.35. The van der Waals surface area contributed by atoms with Crippen LogP contribution in [0, 0.1) is 16.0 Å². The Kier molecular flexibility index (Phi) is 2.68. The molecule has 0 aliphatic heterocycles. The lowest BCUT2D eigenvalue weighted by atomic mass is 9.88. The summed E-state index contributed by atoms with van der Waals surface area (Å²) in [4.78, 5) is 14.5. The van der Waals surface area contributed by atoms with Gasteiger partial charge in [0.1, 0.15) is 6.10 Å². The Morgan fingerprint density at radius 3 is 2.64 bits per heavy atom. The Hall–Kier alpha value is -0.800. The van der Waals surface area contributed by atoms with Crippen LogP contribution in [-0.4, -0.2) is 11.2 Å². The van der Waals surface area contributed by atoms with Crippen LogP contribution < -0.4 is 0 Å². The smallest absolute Gasteiger partial charge is 0.294 e. The van der Waals surface area contributed by atoms with Crippen LogP contribution in [0.4, 0.5) is 0 Å². The van der Waals surface area contributed by atoms with Crippen molar-refractivity contribution in [3.63, 3.8) is 0 Å². The van der Waals surface area contributed by atoms with E-state index >= 15 is 0 Å². The molecule has 1 aliphatic carbocycles. The topological polar surface area (TPSA) is 52.4 Å². The number of hydrogen-bond donors (Lipinski definition) is 0. The molecule has 64 valence electrons. The quantitative estimate of drug-likeness (QED) is 0.455. The Morgan fingerprint density at radius 1 is 1.45 bits per heavy atom. The standard InChI is InChI=1S/C7H13NO3/c1-6-4-2-3-5-7(6)11-8(9)10/h6-7H,2-5H2,1H3/t6-,7+/m0/s1. The second kappa shape index (κ2) is 3.55. The second-order valence-electron chi connectivity index (χ2n) is 3.13. The monoisotopic (exact) mass is 159 g/mol. The van der Waals surface area contributed by atoms with Crippen LogP contribution in [0.5, 0.6) is 0 Å². The predicted octanol–water partition coefficient (Wildman–Crippen LogP) is 1.77. The van der Waals surface area contributed by atoms with E-state index in [1.54, 1.807) is 0 Å². The van der Waals surface area contributed by atoms with Gasteiger partial charge in [0.2, 0.25) is 0 Å². The van der Waals surface area contributed by atoms with Crippen LogP contribution in [0.1, 0.15) is 32.6 Å². The first kappa shape index (κ1) is 8.30. The van der Waals surface area contributed by atoms with Gasteiger partial charge in [-0.3, -0.25) is 0 Å². The summed E-state index contributed by atoms with van der Waals surface area (Å²) in [7, 11) is 0. The van der Waals surface area contributed by atoms with Gasteiger partial charge in [-0.05, 0) is 18.8 Å². The highest BCUT2D eigenvalue weighted by Gasteiger charge is 2.23. The van der Waals surface area contributed by atoms with E-state index in [1.165, 1.54) is 6.42 Å². The van der Waals surface area contributed by atoms with Gasteiger partial charge in [-0.25, -0.2) is 0 Å². The van der Waals surface area contributed by atoms with Crippen LogP contribution >= 0.6 is 0 Å². The molecule has 0 bridgehead atoms. The molecule has 0 unspecified atom stereocenters. The molecule has 1 aliphatic rings. The highest BCUT2D eigenvalue weighted by Crippen LogP contribution is 2.25. The van der Waals surface area contributed by atoms with Crippen LogP contribution in [-0.2, 0) is 4.84 Å². The van der Waals surface area contributed by atoms with Gasteiger partial charge in [-0.15, -0.1) is 10.1 Å². The fraction of sp³-hybridized carbons (Fsp3) is 1.00. The van der Waals surface area contributed by atoms with Crippen molar-refractivity contribution < 1.29 is 9.92 Å². The van der Waals surface area contributed by atoms with E-state index in [4.69, 9.17) is 0 Å². The zero-order valence-corrected chi connectivity index (χ0v) is 6.66. The summed E-state index contributed by atoms with van der Waals surface area (Å²) in [5.74, 6) is 0.342. The number of hydrogen-bond acceptors (Lipinski definition) is 3. The fourth-order valence-corrected chi connectivity index (χ4v) is 1.55. The minimum atomic E-state index is -0.674. The van der Waals surface area contributed by atoms with Crippen molar-refractivity contribution in [2.75, 3.05) is 0 Å². The van der Waals surface area contributed by atoms with E-state index in [-0.39, 0.29) is 6.10 Å². The van der Waals surface area contributed by atoms with Gasteiger partial charge in [-0.2, -0.15) is 0 Å². The zero-order chi connectivity index (χ0) is 8.27. The van der Waals surface area contributed by atoms with Crippen LogP contribution in [0.2, 0.25) is 0 Å². The molecule has 1 fully saturated rings. The predicted molar refractivity (Wildman–Crippen MR) is 39.5 cm³/mol. The molecule has 2 atom stereocenters. The third-order valence-electron chi connectivity index (χ3n) is 2.25. The van der Waals surface area contributed by atoms with Gasteiger partial charge in [-0.1, -0.05) is 19.8 Å². The summed E-state index contributed by atoms with van der Waals surface area (Å²) in [5, 5.41) is 9.32. The van der Waals surface area contributed by atoms with Gasteiger partial charge in [0, 0.05) is 0 Å². The highest BCUT2D eigenvalue weighted by atomic mass is 17.0. The van der Waals surface area contributed by atoms with Crippen molar-refractivity contribution in [3.8, 4) is 0 Å². The van der Waals surface area contributed by atoms with Gasteiger partial charge < -0.3 is 4.84 Å². The normalized spacial score (nSPS) is 31.4. The molecule has 4 heteroatoms. The lowest BCUT2D eigenvalue weighted by Gasteiger charge is -2.26. The zero-order valence-electron chi connectivity index (χ0n) is 6.66. The minimum Gasteiger partial charge on any atom is -0.310 e. The molecule has 4 nitrogen and oxygen atoms in total. The van der Waals surface area contributed by atoms with Crippen molar-refractivity contribution in [2.45, 2.75) is 38.7 Å². The summed E-state index contributed by atoms with van der Waals surface area (Å²) < 4.78 is 0. The summed E-state index contributed by atoms with van der Waals surface area (Å²) in [5.41, 5.74) is 0. The average Bonchev–Trinajstić information content (AvgIpc) is 1.93. The first-order valence-corrected chi connectivity index (χ1v) is 4.01. The number of rotatable bonds is 2. The molecule has 1 rings (SSSR count). The molecular formula is C7H13NO3. The third kappa shape index (κ3) is 2.37. The molecule has 0 aromatic heterocycles. The molecular weight excluding hydrogens is 146 g/mol. The SMILES string of the molecule is C[C@H]1CCCC[C@H]1O[N+](=O)[O-]. The fourth-order valence-electron chi connectivity index (χ4n) is 1.55. The van der Waals surface area contributed by atoms with Crippen molar-refractivity contribution in [2.24, 2.45) is 5.92 Å². The Bertz CT molecular complexity index is 149. The third-order valence-corrected chi connectivity index (χ3v) is 2.25. The molecule has 0 saturated heterocycles. The summed E-state index contributed by atoms with van der Waals surface area (Å²) >= 11 is 0. The lowest BCUT2D eigenvalue weighted by Crippen LogP contribution is -2.27. The molecule has 0 radical (unpaired) electrons. The maximum atomic E-state index is 10.00. The van der Waals surface area contributed by atoms with E-state index in [1.807, 2.05) is 6.92 Å². The Labute approximate surface area is 65.6 Å². The molecule has 0 aromatic carbocycles. The summed E-state index contributed by atoms with van der Waals surface area (Å²) in [6.07, 6.45) is 3.97. The molecule has 0 amide bonds. The van der Waals surface area contributed by atoms with Crippen LogP contribution in [0.3, 0.4) is 0 Å². The van der Waals surface area contributed by atoms with Crippen molar-refractivity contribution in [1.82, 2.24) is 0 Å². The van der Waals surface area contributed by atoms with E-state index in [2.05, 4.69) is 4.84 Å². The molecule has 0 heterocycles. The van der Waals surface area contributed by atoms with E-state index < -0.39 is 5.09 Å². The summed E-state index contributed by atoms with van der Waals surface area (Å²) in [6.45, 7) is 2.01. The van der Waals surface area contributed by atoms with E-state index in [0.29, 0.717) is 5.92 Å². The lowest BCUT2D eigenvalue weighted by molar-refractivity contribution is -0.771. The van der Waals surface area contributed by atoms with Crippen molar-refractivity contribution in [3.05, 3.63) is 10.1 Å². The number of nitrogens with zero attached hydrogens (tertiary/aromatic N) is 1. The maximum Gasteiger partial charge on any atom is 0.294 e. The first-order valence-electron chi connectivity index (χ1n) is 4.01. The first-order chi connectivity index (χ1) is 5.20. The molecule has 1 saturated carbocycles. The molecule has 11 heavy (non-hydrogen) atoms. The van der Waals surface area contributed by atoms with Crippen LogP contribution in [0.25, 0.3) is 0 Å². The van der Waals surface area contributed by atoms with Gasteiger partial charge in [0.05, 0.1) is 0 Å². The minimum absolute atomic E-state index is 0.154. The average molecular weight is 159 g/mol. The van der Waals surface area contributed by atoms with Crippen molar-refractivity contribution in [1.29, 1.82) is 0 Å². The van der Waals surface area contributed by atoms with E-state index in [0.717, 1.165) is 19.3 Å². The molecule has 0 aromatic rings. The Morgan fingerprint density at radius 2 is 2.09 bits per heavy atom. The molecule has 0 N–H and O–H groups in total.